The topological polar surface area (TPSA) is 29.3 Å². The van der Waals surface area contributed by atoms with Crippen molar-refractivity contribution in [3.63, 3.8) is 0 Å². The highest BCUT2D eigenvalue weighted by atomic mass is 35.5. The maximum Gasteiger partial charge on any atom is 0.0517 e. The first-order valence-corrected chi connectivity index (χ1v) is 8.57. The summed E-state index contributed by atoms with van der Waals surface area (Å²) in [5, 5.41) is 2.90. The fourth-order valence-electron chi connectivity index (χ4n) is 2.66. The fourth-order valence-corrected chi connectivity index (χ4v) is 3.74. The lowest BCUT2D eigenvalue weighted by molar-refractivity contribution is 0.161. The Morgan fingerprint density at radius 2 is 1.95 bits per heavy atom. The van der Waals surface area contributed by atoms with Gasteiger partial charge in [0.2, 0.25) is 0 Å². The largest absolute Gasteiger partial charge is 0.326 e. The summed E-state index contributed by atoms with van der Waals surface area (Å²) in [5.41, 5.74) is 7.52. The zero-order valence-electron chi connectivity index (χ0n) is 12.8. The van der Waals surface area contributed by atoms with Gasteiger partial charge in [0.25, 0.3) is 0 Å². The summed E-state index contributed by atoms with van der Waals surface area (Å²) < 4.78 is 0. The molecule has 0 saturated heterocycles. The molecule has 1 aromatic heterocycles. The van der Waals surface area contributed by atoms with Crippen LogP contribution in [0.15, 0.2) is 41.8 Å². The van der Waals surface area contributed by atoms with Gasteiger partial charge in [-0.05, 0) is 43.5 Å². The minimum absolute atomic E-state index is 0.0531. The number of halogens is 1. The van der Waals surface area contributed by atoms with Gasteiger partial charge in [0.15, 0.2) is 0 Å². The Balaban J connectivity index is 2.34. The summed E-state index contributed by atoms with van der Waals surface area (Å²) in [4.78, 5) is 3.68. The fraction of sp³-hybridized carbons (Fsp3) is 0.412. The Morgan fingerprint density at radius 1 is 1.24 bits per heavy atom. The van der Waals surface area contributed by atoms with E-state index in [9.17, 15) is 0 Å². The lowest BCUT2D eigenvalue weighted by Crippen LogP contribution is -2.40. The number of nitrogens with two attached hydrogens (primary N) is 1. The smallest absolute Gasteiger partial charge is 0.0517 e. The van der Waals surface area contributed by atoms with Gasteiger partial charge in [-0.15, -0.1) is 11.3 Å². The third kappa shape index (κ3) is 3.67. The molecule has 2 nitrogen and oxygen atoms in total. The molecule has 0 aliphatic carbocycles. The number of hydrogen-bond donors (Lipinski definition) is 1. The number of rotatable bonds is 6. The lowest BCUT2D eigenvalue weighted by atomic mass is 9.95. The monoisotopic (exact) mass is 322 g/mol. The normalized spacial score (nSPS) is 15.9. The number of nitrogens with zero attached hydrogens (tertiary/aromatic N) is 1. The molecule has 0 saturated carbocycles. The molecule has 2 aromatic rings. The van der Waals surface area contributed by atoms with E-state index in [1.54, 1.807) is 11.3 Å². The van der Waals surface area contributed by atoms with Crippen molar-refractivity contribution in [3.05, 3.63) is 57.2 Å². The van der Waals surface area contributed by atoms with Gasteiger partial charge in [0, 0.05) is 22.0 Å². The van der Waals surface area contributed by atoms with Crippen LogP contribution in [0.1, 0.15) is 42.8 Å². The van der Waals surface area contributed by atoms with Crippen LogP contribution in [-0.4, -0.2) is 18.0 Å². The van der Waals surface area contributed by atoms with Gasteiger partial charge >= 0.3 is 0 Å². The van der Waals surface area contributed by atoms with Gasteiger partial charge < -0.3 is 5.73 Å². The van der Waals surface area contributed by atoms with Crippen molar-refractivity contribution < 1.29 is 0 Å². The predicted octanol–water partition coefficient (Wildman–Crippen LogP) is 4.87. The van der Waals surface area contributed by atoms with E-state index in [0.717, 1.165) is 17.0 Å². The second kappa shape index (κ2) is 7.41. The molecule has 3 unspecified atom stereocenters. The van der Waals surface area contributed by atoms with Crippen molar-refractivity contribution in [1.29, 1.82) is 0 Å². The van der Waals surface area contributed by atoms with Gasteiger partial charge in [-0.25, -0.2) is 0 Å². The third-order valence-corrected chi connectivity index (χ3v) is 5.49. The Morgan fingerprint density at radius 3 is 2.52 bits per heavy atom. The third-order valence-electron chi connectivity index (χ3n) is 4.11. The molecule has 1 heterocycles. The maximum absolute atomic E-state index is 6.41. The zero-order valence-corrected chi connectivity index (χ0v) is 14.4. The SMILES string of the molecule is CCC(N)C(c1ccccc1Cl)N(C)C(C)c1cccs1. The van der Waals surface area contributed by atoms with Crippen LogP contribution in [0, 0.1) is 0 Å². The van der Waals surface area contributed by atoms with Crippen molar-refractivity contribution in [2.24, 2.45) is 5.73 Å². The maximum atomic E-state index is 6.41. The van der Waals surface area contributed by atoms with E-state index < -0.39 is 0 Å². The molecular formula is C17H23ClN2S. The predicted molar refractivity (Wildman–Crippen MR) is 93.0 cm³/mol. The van der Waals surface area contributed by atoms with E-state index in [4.69, 9.17) is 17.3 Å². The molecule has 3 atom stereocenters. The van der Waals surface area contributed by atoms with Gasteiger partial charge in [-0.2, -0.15) is 0 Å². The van der Waals surface area contributed by atoms with E-state index in [0.29, 0.717) is 6.04 Å². The molecule has 0 spiro atoms. The van der Waals surface area contributed by atoms with Crippen molar-refractivity contribution in [3.8, 4) is 0 Å². The average molecular weight is 323 g/mol. The van der Waals surface area contributed by atoms with E-state index in [2.05, 4.69) is 49.4 Å². The summed E-state index contributed by atoms with van der Waals surface area (Å²) >= 11 is 8.19. The summed E-state index contributed by atoms with van der Waals surface area (Å²) in [7, 11) is 2.13. The highest BCUT2D eigenvalue weighted by molar-refractivity contribution is 7.10. The number of benzene rings is 1. The second-order valence-electron chi connectivity index (χ2n) is 5.40. The van der Waals surface area contributed by atoms with Crippen LogP contribution in [-0.2, 0) is 0 Å². The molecule has 4 heteroatoms. The average Bonchev–Trinajstić information content (AvgIpc) is 3.02. The Labute approximate surface area is 136 Å². The Hall–Kier alpha value is -0.870. The quantitative estimate of drug-likeness (QED) is 0.821. The number of hydrogen-bond acceptors (Lipinski definition) is 3. The molecule has 1 aromatic carbocycles. The summed E-state index contributed by atoms with van der Waals surface area (Å²) in [6, 6.07) is 12.8. The van der Waals surface area contributed by atoms with E-state index in [1.807, 2.05) is 18.2 Å². The van der Waals surface area contributed by atoms with Crippen LogP contribution in [0.25, 0.3) is 0 Å². The van der Waals surface area contributed by atoms with Crippen LogP contribution in [0.3, 0.4) is 0 Å². The molecule has 21 heavy (non-hydrogen) atoms. The molecule has 0 aliphatic rings. The van der Waals surface area contributed by atoms with Crippen LogP contribution in [0.5, 0.6) is 0 Å². The van der Waals surface area contributed by atoms with Crippen molar-refractivity contribution in [1.82, 2.24) is 4.90 Å². The Bertz CT molecular complexity index is 556. The van der Waals surface area contributed by atoms with Gasteiger partial charge in [0.05, 0.1) is 6.04 Å². The number of thiophene rings is 1. The van der Waals surface area contributed by atoms with Crippen LogP contribution in [0.4, 0.5) is 0 Å². The molecule has 2 rings (SSSR count). The van der Waals surface area contributed by atoms with E-state index in [-0.39, 0.29) is 12.1 Å². The van der Waals surface area contributed by atoms with Gasteiger partial charge in [-0.1, -0.05) is 42.8 Å². The van der Waals surface area contributed by atoms with Crippen molar-refractivity contribution in [2.75, 3.05) is 7.05 Å². The van der Waals surface area contributed by atoms with E-state index >= 15 is 0 Å². The van der Waals surface area contributed by atoms with E-state index in [1.165, 1.54) is 4.88 Å². The van der Waals surface area contributed by atoms with Gasteiger partial charge in [0.1, 0.15) is 0 Å². The van der Waals surface area contributed by atoms with Crippen LogP contribution in [0.2, 0.25) is 5.02 Å². The lowest BCUT2D eigenvalue weighted by Gasteiger charge is -2.37. The summed E-state index contributed by atoms with van der Waals surface area (Å²) in [6.45, 7) is 4.34. The van der Waals surface area contributed by atoms with Crippen LogP contribution >= 0.6 is 22.9 Å². The molecule has 0 amide bonds. The standard InChI is InChI=1S/C17H23ClN2S/c1-4-15(19)17(13-8-5-6-9-14(13)18)20(3)12(2)16-10-7-11-21-16/h5-12,15,17H,4,19H2,1-3H3. The zero-order chi connectivity index (χ0) is 15.4. The summed E-state index contributed by atoms with van der Waals surface area (Å²) in [5.74, 6) is 0. The Kier molecular flexibility index (Phi) is 5.82. The molecule has 2 N–H and O–H groups in total. The highest BCUT2D eigenvalue weighted by Gasteiger charge is 2.28. The molecule has 0 radical (unpaired) electrons. The number of likely N-dealkylation sites (N-methyl/N-ethyl adjacent to an activating group) is 1. The highest BCUT2D eigenvalue weighted by Crippen LogP contribution is 2.35. The van der Waals surface area contributed by atoms with Crippen molar-refractivity contribution >= 4 is 22.9 Å². The van der Waals surface area contributed by atoms with Crippen LogP contribution < -0.4 is 5.73 Å². The first-order chi connectivity index (χ1) is 10.1. The first-order valence-electron chi connectivity index (χ1n) is 7.31. The molecule has 0 aliphatic heterocycles. The van der Waals surface area contributed by atoms with Crippen molar-refractivity contribution in [2.45, 2.75) is 38.4 Å². The second-order valence-corrected chi connectivity index (χ2v) is 6.78. The molecular weight excluding hydrogens is 300 g/mol. The van der Waals surface area contributed by atoms with Gasteiger partial charge in [-0.3, -0.25) is 4.90 Å². The molecule has 0 bridgehead atoms. The first kappa shape index (κ1) is 16.5. The summed E-state index contributed by atoms with van der Waals surface area (Å²) in [6.07, 6.45) is 0.914. The minimum atomic E-state index is 0.0531. The minimum Gasteiger partial charge on any atom is -0.326 e. The molecule has 0 fully saturated rings. The molecule has 114 valence electrons.